The molecule has 23 heavy (non-hydrogen) atoms. The highest BCUT2D eigenvalue weighted by Crippen LogP contribution is 2.48. The third kappa shape index (κ3) is 3.61. The van der Waals surface area contributed by atoms with Crippen LogP contribution in [0.25, 0.3) is 0 Å². The van der Waals surface area contributed by atoms with Crippen molar-refractivity contribution in [3.63, 3.8) is 0 Å². The van der Waals surface area contributed by atoms with E-state index < -0.39 is 0 Å². The summed E-state index contributed by atoms with van der Waals surface area (Å²) in [4.78, 5) is 16.6. The number of rotatable bonds is 7. The Labute approximate surface area is 141 Å². The van der Waals surface area contributed by atoms with Crippen molar-refractivity contribution in [1.82, 2.24) is 9.55 Å². The van der Waals surface area contributed by atoms with E-state index in [1.807, 2.05) is 34.5 Å². The summed E-state index contributed by atoms with van der Waals surface area (Å²) in [6.07, 6.45) is 7.69. The van der Waals surface area contributed by atoms with Crippen LogP contribution in [0, 0.1) is 5.41 Å². The number of nitrogens with zero attached hydrogens (tertiary/aromatic N) is 2. The molecule has 1 atom stereocenters. The summed E-state index contributed by atoms with van der Waals surface area (Å²) in [5.74, 6) is 0.776. The van der Waals surface area contributed by atoms with Gasteiger partial charge in [-0.2, -0.15) is 11.8 Å². The largest absolute Gasteiger partial charge is 0.460 e. The van der Waals surface area contributed by atoms with Crippen LogP contribution in [0.15, 0.2) is 42.9 Å². The van der Waals surface area contributed by atoms with E-state index in [2.05, 4.69) is 30.3 Å². The number of esters is 1. The Morgan fingerprint density at radius 3 is 2.78 bits per heavy atom. The molecule has 0 saturated heterocycles. The van der Waals surface area contributed by atoms with E-state index in [4.69, 9.17) is 4.74 Å². The number of aromatic nitrogens is 2. The lowest BCUT2D eigenvalue weighted by molar-refractivity contribution is 0.0420. The Morgan fingerprint density at radius 1 is 1.39 bits per heavy atom. The van der Waals surface area contributed by atoms with Gasteiger partial charge in [0.05, 0.1) is 25.2 Å². The van der Waals surface area contributed by atoms with Crippen molar-refractivity contribution in [3.05, 3.63) is 54.1 Å². The number of benzene rings is 1. The summed E-state index contributed by atoms with van der Waals surface area (Å²) in [5.41, 5.74) is 1.87. The molecule has 1 fully saturated rings. The van der Waals surface area contributed by atoms with Crippen molar-refractivity contribution >= 4 is 17.7 Å². The first-order valence-electron chi connectivity index (χ1n) is 7.88. The molecule has 0 amide bonds. The molecule has 1 aliphatic rings. The van der Waals surface area contributed by atoms with Gasteiger partial charge in [0.15, 0.2) is 0 Å². The van der Waals surface area contributed by atoms with Crippen molar-refractivity contribution in [2.45, 2.75) is 25.8 Å². The third-order valence-corrected chi connectivity index (χ3v) is 5.39. The summed E-state index contributed by atoms with van der Waals surface area (Å²) < 4.78 is 7.46. The first-order chi connectivity index (χ1) is 11.2. The maximum absolute atomic E-state index is 12.5. The molecule has 0 aliphatic heterocycles. The minimum absolute atomic E-state index is 0.0438. The lowest BCUT2D eigenvalue weighted by atomic mass is 10.1. The molecule has 4 nitrogen and oxygen atoms in total. The molecule has 3 rings (SSSR count). The average molecular weight is 330 g/mol. The van der Waals surface area contributed by atoms with Crippen LogP contribution in [0.5, 0.6) is 0 Å². The quantitative estimate of drug-likeness (QED) is 0.725. The van der Waals surface area contributed by atoms with Gasteiger partial charge >= 0.3 is 5.97 Å². The Bertz CT molecular complexity index is 665. The van der Waals surface area contributed by atoms with Gasteiger partial charge < -0.3 is 9.30 Å². The van der Waals surface area contributed by atoms with Crippen LogP contribution in [0.1, 0.15) is 41.9 Å². The molecular formula is C18H22N2O2S. The second kappa shape index (κ2) is 6.79. The molecule has 122 valence electrons. The molecule has 0 spiro atoms. The Balaban J connectivity index is 1.69. The van der Waals surface area contributed by atoms with Crippen LogP contribution >= 0.6 is 11.8 Å². The lowest BCUT2D eigenvalue weighted by Crippen LogP contribution is -2.20. The minimum Gasteiger partial charge on any atom is -0.460 e. The molecule has 1 heterocycles. The van der Waals surface area contributed by atoms with Crippen molar-refractivity contribution < 1.29 is 9.53 Å². The zero-order chi connectivity index (χ0) is 16.3. The highest BCUT2D eigenvalue weighted by molar-refractivity contribution is 7.98. The van der Waals surface area contributed by atoms with E-state index in [9.17, 15) is 4.79 Å². The van der Waals surface area contributed by atoms with Gasteiger partial charge in [-0.1, -0.05) is 30.3 Å². The van der Waals surface area contributed by atoms with Gasteiger partial charge in [0, 0.05) is 11.2 Å². The highest BCUT2D eigenvalue weighted by atomic mass is 32.2. The van der Waals surface area contributed by atoms with Crippen LogP contribution in [-0.4, -0.2) is 34.1 Å². The van der Waals surface area contributed by atoms with Crippen LogP contribution in [-0.2, 0) is 4.74 Å². The van der Waals surface area contributed by atoms with Gasteiger partial charge in [0.1, 0.15) is 5.69 Å². The van der Waals surface area contributed by atoms with E-state index in [1.165, 1.54) is 0 Å². The van der Waals surface area contributed by atoms with Crippen molar-refractivity contribution in [2.24, 2.45) is 5.41 Å². The fourth-order valence-electron chi connectivity index (χ4n) is 2.77. The van der Waals surface area contributed by atoms with Gasteiger partial charge in [-0.05, 0) is 31.6 Å². The number of imidazole rings is 1. The van der Waals surface area contributed by atoms with Gasteiger partial charge in [-0.15, -0.1) is 0 Å². The minimum atomic E-state index is -0.280. The topological polar surface area (TPSA) is 44.1 Å². The Morgan fingerprint density at radius 2 is 2.13 bits per heavy atom. The van der Waals surface area contributed by atoms with Crippen molar-refractivity contribution in [3.8, 4) is 0 Å². The predicted octanol–water partition coefficient (Wildman–Crippen LogP) is 3.79. The normalized spacial score (nSPS) is 16.8. The predicted molar refractivity (Wildman–Crippen MR) is 92.8 cm³/mol. The maximum Gasteiger partial charge on any atom is 0.356 e. The zero-order valence-corrected chi connectivity index (χ0v) is 14.4. The van der Waals surface area contributed by atoms with Crippen molar-refractivity contribution in [1.29, 1.82) is 0 Å². The van der Waals surface area contributed by atoms with E-state index in [-0.39, 0.29) is 17.4 Å². The number of thioether (sulfide) groups is 1. The molecule has 2 aromatic rings. The standard InChI is InChI=1S/C18H22N2O2S/c1-14(15-6-4-3-5-7-15)20-13-19-10-16(20)17(21)22-11-18(8-9-18)12-23-2/h3-7,10,13-14H,8-9,11-12H2,1-2H3. The van der Waals surface area contributed by atoms with E-state index in [0.29, 0.717) is 12.3 Å². The number of ether oxygens (including phenoxy) is 1. The SMILES string of the molecule is CSCC1(COC(=O)c2cncn2C(C)c2ccccc2)CC1. The molecule has 0 N–H and O–H groups in total. The van der Waals surface area contributed by atoms with Crippen molar-refractivity contribution in [2.75, 3.05) is 18.6 Å². The van der Waals surface area contributed by atoms with Gasteiger partial charge in [0.25, 0.3) is 0 Å². The van der Waals surface area contributed by atoms with Crippen LogP contribution in [0.3, 0.4) is 0 Å². The molecule has 1 aromatic heterocycles. The molecule has 0 bridgehead atoms. The van der Waals surface area contributed by atoms with E-state index in [0.717, 1.165) is 24.2 Å². The van der Waals surface area contributed by atoms with Crippen LogP contribution < -0.4 is 0 Å². The molecule has 0 radical (unpaired) electrons. The van der Waals surface area contributed by atoms with Crippen LogP contribution in [0.2, 0.25) is 0 Å². The lowest BCUT2D eigenvalue weighted by Gasteiger charge is -2.18. The smallest absolute Gasteiger partial charge is 0.356 e. The fraction of sp³-hybridized carbons (Fsp3) is 0.444. The number of carbonyl (C=O) groups is 1. The van der Waals surface area contributed by atoms with Gasteiger partial charge in [-0.3, -0.25) is 0 Å². The highest BCUT2D eigenvalue weighted by Gasteiger charge is 2.43. The van der Waals surface area contributed by atoms with Gasteiger partial charge in [0.2, 0.25) is 0 Å². The summed E-state index contributed by atoms with van der Waals surface area (Å²) in [6.45, 7) is 2.57. The second-order valence-electron chi connectivity index (χ2n) is 6.28. The van der Waals surface area contributed by atoms with Crippen LogP contribution in [0.4, 0.5) is 0 Å². The number of carbonyl (C=O) groups excluding carboxylic acids is 1. The summed E-state index contributed by atoms with van der Waals surface area (Å²) in [7, 11) is 0. The monoisotopic (exact) mass is 330 g/mol. The molecular weight excluding hydrogens is 308 g/mol. The fourth-order valence-corrected chi connectivity index (χ4v) is 3.75. The van der Waals surface area contributed by atoms with Gasteiger partial charge in [-0.25, -0.2) is 9.78 Å². The first-order valence-corrected chi connectivity index (χ1v) is 9.27. The molecule has 1 unspecified atom stereocenters. The Hall–Kier alpha value is -1.75. The maximum atomic E-state index is 12.5. The van der Waals surface area contributed by atoms with E-state index >= 15 is 0 Å². The average Bonchev–Trinajstić information content (AvgIpc) is 3.17. The third-order valence-electron chi connectivity index (χ3n) is 4.49. The second-order valence-corrected chi connectivity index (χ2v) is 7.15. The molecule has 1 aromatic carbocycles. The summed E-state index contributed by atoms with van der Waals surface area (Å²) in [5, 5.41) is 0. The zero-order valence-electron chi connectivity index (χ0n) is 13.6. The molecule has 5 heteroatoms. The molecule has 1 saturated carbocycles. The summed E-state index contributed by atoms with van der Waals surface area (Å²) >= 11 is 1.82. The first kappa shape index (κ1) is 16.1. The number of hydrogen-bond acceptors (Lipinski definition) is 4. The van der Waals surface area contributed by atoms with E-state index in [1.54, 1.807) is 12.5 Å². The molecule has 1 aliphatic carbocycles. The number of hydrogen-bond donors (Lipinski definition) is 0. The summed E-state index contributed by atoms with van der Waals surface area (Å²) in [6, 6.07) is 10.1. The Kier molecular flexibility index (Phi) is 4.76.